The van der Waals surface area contributed by atoms with E-state index in [0.29, 0.717) is 31.7 Å². The maximum Gasteiger partial charge on any atom is 0.307 e. The number of amides is 1. The Hall–Kier alpha value is -2.04. The molecule has 0 aliphatic rings. The number of esters is 1. The molecule has 110 valence electrons. The second-order valence-corrected chi connectivity index (χ2v) is 4.62. The fourth-order valence-electron chi connectivity index (χ4n) is 1.81. The number of benzene rings is 1. The van der Waals surface area contributed by atoms with E-state index in [1.165, 1.54) is 0 Å². The van der Waals surface area contributed by atoms with E-state index < -0.39 is 0 Å². The summed E-state index contributed by atoms with van der Waals surface area (Å²) < 4.78 is 4.82. The first-order valence-corrected chi connectivity index (χ1v) is 6.77. The molecular formula is C15H22N2O3. The van der Waals surface area contributed by atoms with Gasteiger partial charge in [0.2, 0.25) is 5.91 Å². The third-order valence-electron chi connectivity index (χ3n) is 2.96. The number of nitrogen functional groups attached to an aromatic ring is 1. The van der Waals surface area contributed by atoms with Crippen molar-refractivity contribution in [3.63, 3.8) is 0 Å². The molecule has 0 atom stereocenters. The quantitative estimate of drug-likeness (QED) is 0.607. The van der Waals surface area contributed by atoms with Gasteiger partial charge in [-0.05, 0) is 31.0 Å². The first kappa shape index (κ1) is 16.0. The summed E-state index contributed by atoms with van der Waals surface area (Å²) in [6.45, 7) is 2.51. The Balaban J connectivity index is 2.33. The van der Waals surface area contributed by atoms with Gasteiger partial charge >= 0.3 is 5.97 Å². The molecule has 1 rings (SSSR count). The molecule has 0 bridgehead atoms. The second-order valence-electron chi connectivity index (χ2n) is 4.62. The predicted octanol–water partition coefficient (Wildman–Crippen LogP) is 1.61. The molecule has 5 nitrogen and oxygen atoms in total. The van der Waals surface area contributed by atoms with Gasteiger partial charge in [0.05, 0.1) is 13.0 Å². The van der Waals surface area contributed by atoms with Crippen molar-refractivity contribution in [2.75, 3.05) is 25.9 Å². The number of carbonyl (C=O) groups is 2. The molecule has 20 heavy (non-hydrogen) atoms. The average Bonchev–Trinajstić information content (AvgIpc) is 2.42. The monoisotopic (exact) mass is 278 g/mol. The molecule has 1 aromatic rings. The number of rotatable bonds is 7. The number of hydrogen-bond donors (Lipinski definition) is 1. The van der Waals surface area contributed by atoms with Crippen molar-refractivity contribution in [2.45, 2.75) is 26.2 Å². The first-order valence-electron chi connectivity index (χ1n) is 6.77. The van der Waals surface area contributed by atoms with Gasteiger partial charge in [0.1, 0.15) is 0 Å². The molecule has 0 heterocycles. The molecule has 2 N–H and O–H groups in total. The van der Waals surface area contributed by atoms with Crippen molar-refractivity contribution >= 4 is 17.6 Å². The second kappa shape index (κ2) is 8.19. The summed E-state index contributed by atoms with van der Waals surface area (Å²) in [5.74, 6) is -0.264. The lowest BCUT2D eigenvalue weighted by atomic mass is 10.1. The molecule has 0 spiro atoms. The van der Waals surface area contributed by atoms with Crippen LogP contribution in [0.25, 0.3) is 0 Å². The minimum Gasteiger partial charge on any atom is -0.466 e. The number of nitrogens with two attached hydrogens (primary N) is 1. The normalized spacial score (nSPS) is 10.1. The summed E-state index contributed by atoms with van der Waals surface area (Å²) in [7, 11) is 1.70. The Kier molecular flexibility index (Phi) is 6.56. The van der Waals surface area contributed by atoms with E-state index >= 15 is 0 Å². The predicted molar refractivity (Wildman–Crippen MR) is 78.1 cm³/mol. The summed E-state index contributed by atoms with van der Waals surface area (Å²) in [4.78, 5) is 24.7. The number of anilines is 1. The lowest BCUT2D eigenvalue weighted by molar-refractivity contribution is -0.143. The molecule has 0 unspecified atom stereocenters. The Labute approximate surface area is 119 Å². The van der Waals surface area contributed by atoms with E-state index in [1.54, 1.807) is 18.9 Å². The van der Waals surface area contributed by atoms with Crippen LogP contribution >= 0.6 is 0 Å². The smallest absolute Gasteiger partial charge is 0.307 e. The topological polar surface area (TPSA) is 72.6 Å². The van der Waals surface area contributed by atoms with Crippen LogP contribution in [0.3, 0.4) is 0 Å². The van der Waals surface area contributed by atoms with Crippen molar-refractivity contribution < 1.29 is 14.3 Å². The van der Waals surface area contributed by atoms with Crippen molar-refractivity contribution in [3.8, 4) is 0 Å². The van der Waals surface area contributed by atoms with Crippen molar-refractivity contribution in [2.24, 2.45) is 0 Å². The summed E-state index contributed by atoms with van der Waals surface area (Å²) >= 11 is 0. The van der Waals surface area contributed by atoms with Gasteiger partial charge in [0.25, 0.3) is 0 Å². The molecule has 1 aromatic carbocycles. The maximum absolute atomic E-state index is 11.9. The number of carbonyl (C=O) groups excluding carboxylic acids is 2. The Morgan fingerprint density at radius 1 is 1.30 bits per heavy atom. The van der Waals surface area contributed by atoms with Crippen LogP contribution in [0.15, 0.2) is 24.3 Å². The van der Waals surface area contributed by atoms with E-state index in [-0.39, 0.29) is 18.3 Å². The molecule has 0 saturated carbocycles. The van der Waals surface area contributed by atoms with Crippen molar-refractivity contribution in [1.29, 1.82) is 0 Å². The van der Waals surface area contributed by atoms with Crippen LogP contribution in [0.2, 0.25) is 0 Å². The van der Waals surface area contributed by atoms with Gasteiger partial charge in [-0.2, -0.15) is 0 Å². The van der Waals surface area contributed by atoms with E-state index in [2.05, 4.69) is 0 Å². The molecule has 0 fully saturated rings. The highest BCUT2D eigenvalue weighted by Gasteiger charge is 2.11. The van der Waals surface area contributed by atoms with E-state index in [1.807, 2.05) is 24.3 Å². The van der Waals surface area contributed by atoms with Crippen LogP contribution in [0.5, 0.6) is 0 Å². The van der Waals surface area contributed by atoms with Crippen LogP contribution in [0, 0.1) is 0 Å². The van der Waals surface area contributed by atoms with Gasteiger partial charge in [-0.15, -0.1) is 0 Å². The summed E-state index contributed by atoms with van der Waals surface area (Å²) in [6, 6.07) is 7.50. The molecule has 0 aromatic heterocycles. The first-order chi connectivity index (χ1) is 9.52. The molecule has 0 aliphatic heterocycles. The summed E-state index contributed by atoms with van der Waals surface area (Å²) in [5, 5.41) is 0. The highest BCUT2D eigenvalue weighted by Crippen LogP contribution is 2.09. The average molecular weight is 278 g/mol. The number of nitrogens with zero attached hydrogens (tertiary/aromatic N) is 1. The largest absolute Gasteiger partial charge is 0.466 e. The van der Waals surface area contributed by atoms with Crippen molar-refractivity contribution in [3.05, 3.63) is 29.8 Å². The van der Waals surface area contributed by atoms with Crippen LogP contribution in [0.4, 0.5) is 5.69 Å². The number of ether oxygens (including phenoxy) is 1. The van der Waals surface area contributed by atoms with Gasteiger partial charge in [-0.25, -0.2) is 0 Å². The van der Waals surface area contributed by atoms with E-state index in [0.717, 1.165) is 5.56 Å². The van der Waals surface area contributed by atoms with Crippen LogP contribution in [-0.2, 0) is 20.7 Å². The number of aryl methyl sites for hydroxylation is 1. The highest BCUT2D eigenvalue weighted by molar-refractivity contribution is 5.77. The summed E-state index contributed by atoms with van der Waals surface area (Å²) in [5.41, 5.74) is 7.43. The zero-order valence-corrected chi connectivity index (χ0v) is 12.1. The molecule has 0 aliphatic carbocycles. The summed E-state index contributed by atoms with van der Waals surface area (Å²) in [6.07, 6.45) is 1.28. The fourth-order valence-corrected chi connectivity index (χ4v) is 1.81. The SMILES string of the molecule is CCOC(=O)CCN(C)C(=O)CCc1cccc(N)c1. The zero-order valence-electron chi connectivity index (χ0n) is 12.1. The van der Waals surface area contributed by atoms with Crippen LogP contribution in [-0.4, -0.2) is 37.0 Å². The van der Waals surface area contributed by atoms with Gasteiger partial charge in [-0.1, -0.05) is 12.1 Å². The Morgan fingerprint density at radius 3 is 2.70 bits per heavy atom. The Morgan fingerprint density at radius 2 is 2.05 bits per heavy atom. The third-order valence-corrected chi connectivity index (χ3v) is 2.96. The minimum atomic E-state index is -0.275. The third kappa shape index (κ3) is 5.73. The highest BCUT2D eigenvalue weighted by atomic mass is 16.5. The van der Waals surface area contributed by atoms with Crippen LogP contribution in [0.1, 0.15) is 25.3 Å². The maximum atomic E-state index is 11.9. The standard InChI is InChI=1S/C15H22N2O3/c1-3-20-15(19)9-10-17(2)14(18)8-7-12-5-4-6-13(16)11-12/h4-6,11H,3,7-10,16H2,1-2H3. The lowest BCUT2D eigenvalue weighted by Gasteiger charge is -2.16. The van der Waals surface area contributed by atoms with Crippen molar-refractivity contribution in [1.82, 2.24) is 4.90 Å². The molecule has 5 heteroatoms. The molecule has 1 amide bonds. The van der Waals surface area contributed by atoms with Gasteiger partial charge in [0.15, 0.2) is 0 Å². The zero-order chi connectivity index (χ0) is 15.0. The molecule has 0 radical (unpaired) electrons. The van der Waals surface area contributed by atoms with E-state index in [4.69, 9.17) is 10.5 Å². The number of hydrogen-bond acceptors (Lipinski definition) is 4. The molecular weight excluding hydrogens is 256 g/mol. The van der Waals surface area contributed by atoms with Gasteiger partial charge in [0, 0.05) is 25.7 Å². The van der Waals surface area contributed by atoms with Gasteiger partial charge < -0.3 is 15.4 Å². The molecule has 0 saturated heterocycles. The minimum absolute atomic E-state index is 0.0109. The lowest BCUT2D eigenvalue weighted by Crippen LogP contribution is -2.29. The van der Waals surface area contributed by atoms with Crippen LogP contribution < -0.4 is 5.73 Å². The van der Waals surface area contributed by atoms with Gasteiger partial charge in [-0.3, -0.25) is 9.59 Å². The fraction of sp³-hybridized carbons (Fsp3) is 0.467. The van der Waals surface area contributed by atoms with E-state index in [9.17, 15) is 9.59 Å². The Bertz CT molecular complexity index is 460.